The van der Waals surface area contributed by atoms with E-state index in [9.17, 15) is 14.0 Å². The molecule has 0 aromatic heterocycles. The highest BCUT2D eigenvalue weighted by molar-refractivity contribution is 6.31. The minimum Gasteiger partial charge on any atom is -0.480 e. The van der Waals surface area contributed by atoms with Crippen molar-refractivity contribution in [2.75, 3.05) is 39.8 Å². The van der Waals surface area contributed by atoms with Crippen molar-refractivity contribution in [2.45, 2.75) is 12.5 Å². The normalized spacial score (nSPS) is 18.0. The first-order valence-electron chi connectivity index (χ1n) is 7.59. The van der Waals surface area contributed by atoms with E-state index in [0.29, 0.717) is 26.2 Å². The molecule has 1 heterocycles. The van der Waals surface area contributed by atoms with Gasteiger partial charge in [-0.2, -0.15) is 0 Å². The molecule has 1 unspecified atom stereocenters. The van der Waals surface area contributed by atoms with Crippen LogP contribution in [0.15, 0.2) is 18.2 Å². The molecule has 2 rings (SSSR count). The number of rotatable bonds is 6. The van der Waals surface area contributed by atoms with Gasteiger partial charge in [0, 0.05) is 30.2 Å². The van der Waals surface area contributed by atoms with Gasteiger partial charge in [0.2, 0.25) is 5.91 Å². The van der Waals surface area contributed by atoms with Crippen LogP contribution in [0.3, 0.4) is 0 Å². The molecule has 1 atom stereocenters. The lowest BCUT2D eigenvalue weighted by Gasteiger charge is -2.34. The average molecular weight is 359 g/mol. The molecule has 1 aliphatic heterocycles. The first-order valence-corrected chi connectivity index (χ1v) is 7.97. The quantitative estimate of drug-likeness (QED) is 0.829. The minimum absolute atomic E-state index is 0.0986. The molecule has 1 aliphatic rings. The molecule has 0 aliphatic carbocycles. The van der Waals surface area contributed by atoms with E-state index in [0.717, 1.165) is 0 Å². The standard InChI is InChI=1S/C16H20ClFN2O4/c1-19(10-16(22)23)8-11-9-20(5-6-24-11)15(21)7-12-13(17)3-2-4-14(12)18/h2-4,11H,5-10H2,1H3,(H,22,23). The molecule has 0 spiro atoms. The monoisotopic (exact) mass is 358 g/mol. The Hall–Kier alpha value is -1.70. The predicted molar refractivity (Wildman–Crippen MR) is 86.6 cm³/mol. The van der Waals surface area contributed by atoms with E-state index in [-0.39, 0.29) is 35.6 Å². The van der Waals surface area contributed by atoms with Crippen LogP contribution < -0.4 is 0 Å². The number of hydrogen-bond donors (Lipinski definition) is 1. The molecule has 1 aromatic carbocycles. The summed E-state index contributed by atoms with van der Waals surface area (Å²) in [7, 11) is 1.68. The molecule has 1 amide bonds. The lowest BCUT2D eigenvalue weighted by molar-refractivity contribution is -0.142. The Bertz CT molecular complexity index is 593. The summed E-state index contributed by atoms with van der Waals surface area (Å²) in [6.45, 7) is 1.43. The molecule has 6 nitrogen and oxygen atoms in total. The maximum atomic E-state index is 13.8. The highest BCUT2D eigenvalue weighted by atomic mass is 35.5. The smallest absolute Gasteiger partial charge is 0.317 e. The lowest BCUT2D eigenvalue weighted by atomic mass is 10.1. The van der Waals surface area contributed by atoms with Crippen molar-refractivity contribution in [1.82, 2.24) is 9.80 Å². The van der Waals surface area contributed by atoms with Crippen molar-refractivity contribution in [1.29, 1.82) is 0 Å². The van der Waals surface area contributed by atoms with Gasteiger partial charge in [0.1, 0.15) is 5.82 Å². The van der Waals surface area contributed by atoms with Crippen LogP contribution in [0.25, 0.3) is 0 Å². The van der Waals surface area contributed by atoms with Crippen LogP contribution in [-0.4, -0.2) is 72.7 Å². The lowest BCUT2D eigenvalue weighted by Crippen LogP contribution is -2.50. The van der Waals surface area contributed by atoms with Gasteiger partial charge in [-0.1, -0.05) is 17.7 Å². The fraction of sp³-hybridized carbons (Fsp3) is 0.500. The van der Waals surface area contributed by atoms with Crippen LogP contribution >= 0.6 is 11.6 Å². The van der Waals surface area contributed by atoms with Crippen molar-refractivity contribution in [2.24, 2.45) is 0 Å². The van der Waals surface area contributed by atoms with Crippen LogP contribution in [0.5, 0.6) is 0 Å². The van der Waals surface area contributed by atoms with Crippen LogP contribution in [-0.2, 0) is 20.7 Å². The van der Waals surface area contributed by atoms with E-state index in [4.69, 9.17) is 21.4 Å². The Morgan fingerprint density at radius 1 is 1.50 bits per heavy atom. The first-order chi connectivity index (χ1) is 11.4. The third-order valence-corrected chi connectivity index (χ3v) is 4.16. The van der Waals surface area contributed by atoms with E-state index in [1.165, 1.54) is 12.1 Å². The molecule has 1 aromatic rings. The fourth-order valence-corrected chi connectivity index (χ4v) is 2.89. The van der Waals surface area contributed by atoms with Crippen LogP contribution in [0, 0.1) is 5.82 Å². The Balaban J connectivity index is 1.94. The average Bonchev–Trinajstić information content (AvgIpc) is 2.50. The number of benzene rings is 1. The number of halogens is 2. The van der Waals surface area contributed by atoms with Crippen LogP contribution in [0.2, 0.25) is 5.02 Å². The number of carboxylic acid groups (broad SMARTS) is 1. The second kappa shape index (κ2) is 8.41. The van der Waals surface area contributed by atoms with Gasteiger partial charge < -0.3 is 14.7 Å². The number of ether oxygens (including phenoxy) is 1. The largest absolute Gasteiger partial charge is 0.480 e. The number of hydrogen-bond acceptors (Lipinski definition) is 4. The zero-order valence-corrected chi connectivity index (χ0v) is 14.1. The molecule has 0 saturated carbocycles. The summed E-state index contributed by atoms with van der Waals surface area (Å²) in [6, 6.07) is 4.32. The Kier molecular flexibility index (Phi) is 6.53. The molecular weight excluding hydrogens is 339 g/mol. The molecule has 1 N–H and O–H groups in total. The van der Waals surface area contributed by atoms with Crippen LogP contribution in [0.1, 0.15) is 5.56 Å². The fourth-order valence-electron chi connectivity index (χ4n) is 2.66. The number of likely N-dealkylation sites (N-methyl/N-ethyl adjacent to an activating group) is 1. The molecule has 1 fully saturated rings. The molecule has 8 heteroatoms. The van der Waals surface area contributed by atoms with Crippen molar-refractivity contribution in [3.63, 3.8) is 0 Å². The zero-order valence-electron chi connectivity index (χ0n) is 13.4. The highest BCUT2D eigenvalue weighted by Gasteiger charge is 2.26. The summed E-state index contributed by atoms with van der Waals surface area (Å²) in [5.41, 5.74) is 0.190. The molecule has 24 heavy (non-hydrogen) atoms. The molecule has 1 saturated heterocycles. The SMILES string of the molecule is CN(CC(=O)O)CC1CN(C(=O)Cc2c(F)cccc2Cl)CCO1. The number of nitrogens with zero attached hydrogens (tertiary/aromatic N) is 2. The second-order valence-electron chi connectivity index (χ2n) is 5.80. The Morgan fingerprint density at radius 2 is 2.25 bits per heavy atom. The third-order valence-electron chi connectivity index (χ3n) is 3.80. The topological polar surface area (TPSA) is 70.1 Å². The van der Waals surface area contributed by atoms with Gasteiger partial charge in [0.05, 0.1) is 25.7 Å². The first kappa shape index (κ1) is 18.6. The maximum Gasteiger partial charge on any atom is 0.317 e. The maximum absolute atomic E-state index is 13.8. The third kappa shape index (κ3) is 5.15. The molecule has 132 valence electrons. The van der Waals surface area contributed by atoms with Gasteiger partial charge in [0.25, 0.3) is 0 Å². The van der Waals surface area contributed by atoms with Gasteiger partial charge >= 0.3 is 5.97 Å². The van der Waals surface area contributed by atoms with Crippen molar-refractivity contribution < 1.29 is 23.8 Å². The summed E-state index contributed by atoms with van der Waals surface area (Å²) in [5, 5.41) is 9.01. The highest BCUT2D eigenvalue weighted by Crippen LogP contribution is 2.20. The number of morpholine rings is 1. The number of carbonyl (C=O) groups is 2. The summed E-state index contributed by atoms with van der Waals surface area (Å²) in [6.07, 6.45) is -0.383. The minimum atomic E-state index is -0.921. The van der Waals surface area contributed by atoms with Crippen molar-refractivity contribution >= 4 is 23.5 Å². The predicted octanol–water partition coefficient (Wildman–Crippen LogP) is 1.27. The van der Waals surface area contributed by atoms with Gasteiger partial charge in [0.15, 0.2) is 0 Å². The van der Waals surface area contributed by atoms with Gasteiger partial charge in [-0.3, -0.25) is 14.5 Å². The zero-order chi connectivity index (χ0) is 17.7. The number of aliphatic carboxylic acids is 1. The van der Waals surface area contributed by atoms with Crippen molar-refractivity contribution in [3.8, 4) is 0 Å². The summed E-state index contributed by atoms with van der Waals surface area (Å²) in [5.74, 6) is -1.64. The Morgan fingerprint density at radius 3 is 2.92 bits per heavy atom. The van der Waals surface area contributed by atoms with E-state index in [1.54, 1.807) is 22.9 Å². The molecule has 0 bridgehead atoms. The van der Waals surface area contributed by atoms with Crippen LogP contribution in [0.4, 0.5) is 4.39 Å². The van der Waals surface area contributed by atoms with E-state index in [2.05, 4.69) is 0 Å². The van der Waals surface area contributed by atoms with Gasteiger partial charge in [-0.05, 0) is 19.2 Å². The van der Waals surface area contributed by atoms with Gasteiger partial charge in [-0.25, -0.2) is 4.39 Å². The van der Waals surface area contributed by atoms with E-state index in [1.807, 2.05) is 0 Å². The number of carboxylic acids is 1. The summed E-state index contributed by atoms with van der Waals surface area (Å²) >= 11 is 5.96. The summed E-state index contributed by atoms with van der Waals surface area (Å²) < 4.78 is 19.4. The number of carbonyl (C=O) groups excluding carboxylic acids is 1. The van der Waals surface area contributed by atoms with Crippen molar-refractivity contribution in [3.05, 3.63) is 34.6 Å². The molecular formula is C16H20ClFN2O4. The number of amides is 1. The van der Waals surface area contributed by atoms with E-state index >= 15 is 0 Å². The second-order valence-corrected chi connectivity index (χ2v) is 6.21. The van der Waals surface area contributed by atoms with Gasteiger partial charge in [-0.15, -0.1) is 0 Å². The molecule has 0 radical (unpaired) electrons. The van der Waals surface area contributed by atoms with E-state index < -0.39 is 11.8 Å². The Labute approximate surface area is 144 Å². The summed E-state index contributed by atoms with van der Waals surface area (Å²) in [4.78, 5) is 26.3.